The lowest BCUT2D eigenvalue weighted by Crippen LogP contribution is -2.33. The summed E-state index contributed by atoms with van der Waals surface area (Å²) in [6.07, 6.45) is 0.879. The van der Waals surface area contributed by atoms with Gasteiger partial charge in [-0.3, -0.25) is 0 Å². The van der Waals surface area contributed by atoms with Crippen LogP contribution in [0, 0.1) is 0 Å². The molecule has 0 bridgehead atoms. The lowest BCUT2D eigenvalue weighted by molar-refractivity contribution is -0.107. The van der Waals surface area contributed by atoms with Crippen molar-refractivity contribution in [2.24, 2.45) is 0 Å². The van der Waals surface area contributed by atoms with Crippen LogP contribution in [0.2, 0.25) is 0 Å². The highest BCUT2D eigenvalue weighted by Gasteiger charge is 2.19. The Kier molecular flexibility index (Phi) is 4.50. The van der Waals surface area contributed by atoms with E-state index in [-0.39, 0.29) is 5.41 Å². The van der Waals surface area contributed by atoms with Crippen LogP contribution in [0.3, 0.4) is 0 Å². The molecule has 0 spiro atoms. The maximum Gasteiger partial charge on any atom is 0.133 e. The summed E-state index contributed by atoms with van der Waals surface area (Å²) in [4.78, 5) is 10.2. The van der Waals surface area contributed by atoms with Gasteiger partial charge in [0.15, 0.2) is 0 Å². The van der Waals surface area contributed by atoms with Crippen molar-refractivity contribution >= 4 is 6.29 Å². The third-order valence-corrected chi connectivity index (χ3v) is 2.67. The van der Waals surface area contributed by atoms with E-state index in [1.165, 1.54) is 5.56 Å². The van der Waals surface area contributed by atoms with Gasteiger partial charge in [-0.1, -0.05) is 26.0 Å². The molecule has 0 aromatic heterocycles. The second-order valence-electron chi connectivity index (χ2n) is 4.41. The van der Waals surface area contributed by atoms with Gasteiger partial charge in [0, 0.05) is 12.0 Å². The van der Waals surface area contributed by atoms with Crippen molar-refractivity contribution in [3.63, 3.8) is 0 Å². The number of hydrogen-bond donors (Lipinski definition) is 1. The number of ether oxygens (including phenoxy) is 1. The molecule has 0 aliphatic carbocycles. The molecular formula is C13H19NO2. The third-order valence-electron chi connectivity index (χ3n) is 2.67. The molecule has 0 radical (unpaired) electrons. The van der Waals surface area contributed by atoms with Crippen LogP contribution in [0.5, 0.6) is 5.75 Å². The molecule has 0 heterocycles. The van der Waals surface area contributed by atoms with Crippen molar-refractivity contribution in [1.82, 2.24) is 5.32 Å². The van der Waals surface area contributed by atoms with E-state index in [0.29, 0.717) is 6.54 Å². The predicted octanol–water partition coefficient (Wildman–Crippen LogP) is 1.76. The van der Waals surface area contributed by atoms with E-state index in [0.717, 1.165) is 18.6 Å². The summed E-state index contributed by atoms with van der Waals surface area (Å²) in [6, 6.07) is 8.02. The minimum absolute atomic E-state index is 0.00921. The van der Waals surface area contributed by atoms with Crippen LogP contribution in [0.15, 0.2) is 24.3 Å². The van der Waals surface area contributed by atoms with E-state index in [1.54, 1.807) is 7.11 Å². The Morgan fingerprint density at radius 2 is 1.94 bits per heavy atom. The molecule has 0 atom stereocenters. The highest BCUT2D eigenvalue weighted by atomic mass is 16.5. The zero-order chi connectivity index (χ0) is 12.0. The van der Waals surface area contributed by atoms with E-state index in [2.05, 4.69) is 31.3 Å². The fourth-order valence-corrected chi connectivity index (χ4v) is 1.59. The van der Waals surface area contributed by atoms with Crippen molar-refractivity contribution < 1.29 is 9.53 Å². The maximum absolute atomic E-state index is 10.2. The second kappa shape index (κ2) is 5.66. The summed E-state index contributed by atoms with van der Waals surface area (Å²) in [7, 11) is 1.66. The average Bonchev–Trinajstić information content (AvgIpc) is 2.29. The Morgan fingerprint density at radius 3 is 2.44 bits per heavy atom. The molecule has 0 saturated heterocycles. The van der Waals surface area contributed by atoms with Crippen LogP contribution in [-0.4, -0.2) is 26.5 Å². The van der Waals surface area contributed by atoms with Crippen molar-refractivity contribution in [2.45, 2.75) is 19.3 Å². The van der Waals surface area contributed by atoms with E-state index >= 15 is 0 Å². The lowest BCUT2D eigenvalue weighted by Gasteiger charge is -2.25. The first-order valence-electron chi connectivity index (χ1n) is 5.39. The van der Waals surface area contributed by atoms with Crippen LogP contribution in [0.1, 0.15) is 19.4 Å². The first-order valence-corrected chi connectivity index (χ1v) is 5.39. The highest BCUT2D eigenvalue weighted by molar-refractivity contribution is 5.51. The molecule has 3 nitrogen and oxygen atoms in total. The van der Waals surface area contributed by atoms with Gasteiger partial charge >= 0.3 is 0 Å². The molecule has 0 amide bonds. The van der Waals surface area contributed by atoms with E-state index in [4.69, 9.17) is 4.74 Å². The van der Waals surface area contributed by atoms with Gasteiger partial charge in [-0.05, 0) is 17.7 Å². The summed E-state index contributed by atoms with van der Waals surface area (Å²) in [6.45, 7) is 5.47. The fourth-order valence-electron chi connectivity index (χ4n) is 1.59. The summed E-state index contributed by atoms with van der Waals surface area (Å²) in [5.41, 5.74) is 1.24. The predicted molar refractivity (Wildman–Crippen MR) is 65.0 cm³/mol. The average molecular weight is 221 g/mol. The molecule has 16 heavy (non-hydrogen) atoms. The Hall–Kier alpha value is -1.35. The largest absolute Gasteiger partial charge is 0.497 e. The summed E-state index contributed by atoms with van der Waals surface area (Å²) < 4.78 is 5.12. The molecule has 1 N–H and O–H groups in total. The van der Waals surface area contributed by atoms with Crippen LogP contribution in [-0.2, 0) is 10.2 Å². The molecule has 0 aliphatic rings. The highest BCUT2D eigenvalue weighted by Crippen LogP contribution is 2.24. The van der Waals surface area contributed by atoms with E-state index in [9.17, 15) is 4.79 Å². The number of nitrogens with one attached hydrogen (secondary N) is 1. The van der Waals surface area contributed by atoms with Crippen LogP contribution < -0.4 is 10.1 Å². The molecule has 1 aromatic carbocycles. The van der Waals surface area contributed by atoms with Crippen molar-refractivity contribution in [2.75, 3.05) is 20.2 Å². The summed E-state index contributed by atoms with van der Waals surface area (Å²) in [5.74, 6) is 0.861. The van der Waals surface area contributed by atoms with Gasteiger partial charge in [0.05, 0.1) is 13.7 Å². The molecule has 3 heteroatoms. The summed E-state index contributed by atoms with van der Waals surface area (Å²) in [5, 5.41) is 3.10. The Balaban J connectivity index is 2.68. The number of carbonyl (C=O) groups excluding carboxylic acids is 1. The zero-order valence-corrected chi connectivity index (χ0v) is 10.1. The molecule has 1 rings (SSSR count). The molecular weight excluding hydrogens is 202 g/mol. The normalized spacial score (nSPS) is 11.2. The minimum Gasteiger partial charge on any atom is -0.497 e. The zero-order valence-electron chi connectivity index (χ0n) is 10.1. The summed E-state index contributed by atoms with van der Waals surface area (Å²) >= 11 is 0. The van der Waals surface area contributed by atoms with Gasteiger partial charge in [-0.25, -0.2) is 0 Å². The SMILES string of the molecule is COc1ccc(C(C)(C)CNCC=O)cc1. The van der Waals surface area contributed by atoms with Crippen molar-refractivity contribution in [3.8, 4) is 5.75 Å². The number of aldehydes is 1. The van der Waals surface area contributed by atoms with Gasteiger partial charge < -0.3 is 14.8 Å². The molecule has 0 unspecified atom stereocenters. The number of rotatable bonds is 6. The standard InChI is InChI=1S/C13H19NO2/c1-13(2,10-14-8-9-15)11-4-6-12(16-3)7-5-11/h4-7,9,14H,8,10H2,1-3H3. The Morgan fingerprint density at radius 1 is 1.31 bits per heavy atom. The van der Waals surface area contributed by atoms with E-state index in [1.807, 2.05) is 12.1 Å². The smallest absolute Gasteiger partial charge is 0.133 e. The van der Waals surface area contributed by atoms with Crippen LogP contribution >= 0.6 is 0 Å². The number of methoxy groups -OCH3 is 1. The molecule has 0 aliphatic heterocycles. The number of hydrogen-bond acceptors (Lipinski definition) is 3. The van der Waals surface area contributed by atoms with Gasteiger partial charge in [0.25, 0.3) is 0 Å². The first-order chi connectivity index (χ1) is 7.60. The van der Waals surface area contributed by atoms with Gasteiger partial charge in [-0.2, -0.15) is 0 Å². The fraction of sp³-hybridized carbons (Fsp3) is 0.462. The van der Waals surface area contributed by atoms with E-state index < -0.39 is 0 Å². The lowest BCUT2D eigenvalue weighted by atomic mass is 9.84. The third kappa shape index (κ3) is 3.35. The van der Waals surface area contributed by atoms with Gasteiger partial charge in [0.2, 0.25) is 0 Å². The van der Waals surface area contributed by atoms with Crippen LogP contribution in [0.4, 0.5) is 0 Å². The Bertz CT molecular complexity index is 330. The quantitative estimate of drug-likeness (QED) is 0.587. The molecule has 88 valence electrons. The van der Waals surface area contributed by atoms with Gasteiger partial charge in [-0.15, -0.1) is 0 Å². The maximum atomic E-state index is 10.2. The second-order valence-corrected chi connectivity index (χ2v) is 4.41. The van der Waals surface area contributed by atoms with Gasteiger partial charge in [0.1, 0.15) is 12.0 Å². The minimum atomic E-state index is 0.00921. The topological polar surface area (TPSA) is 38.3 Å². The monoisotopic (exact) mass is 221 g/mol. The molecule has 0 saturated carbocycles. The molecule has 0 fully saturated rings. The number of carbonyl (C=O) groups is 1. The first kappa shape index (κ1) is 12.7. The number of benzene rings is 1. The van der Waals surface area contributed by atoms with Crippen molar-refractivity contribution in [3.05, 3.63) is 29.8 Å². The molecule has 1 aromatic rings. The van der Waals surface area contributed by atoms with Crippen molar-refractivity contribution in [1.29, 1.82) is 0 Å². The van der Waals surface area contributed by atoms with Crippen LogP contribution in [0.25, 0.3) is 0 Å². The Labute approximate surface area is 96.8 Å².